The molecule has 24 heavy (non-hydrogen) atoms. The van der Waals surface area contributed by atoms with Gasteiger partial charge in [-0.25, -0.2) is 0 Å². The number of anilines is 1. The van der Waals surface area contributed by atoms with Crippen molar-refractivity contribution >= 4 is 29.9 Å². The van der Waals surface area contributed by atoms with Crippen LogP contribution in [0.25, 0.3) is 0 Å². The Balaban J connectivity index is 0.00000208. The summed E-state index contributed by atoms with van der Waals surface area (Å²) in [5, 5.41) is 10.3. The molecule has 2 fully saturated rings. The Labute approximate surface area is 147 Å². The van der Waals surface area contributed by atoms with Crippen molar-refractivity contribution in [3.63, 3.8) is 0 Å². The number of nitrogens with one attached hydrogen (secondary N) is 2. The van der Waals surface area contributed by atoms with Crippen molar-refractivity contribution in [2.75, 3.05) is 44.7 Å². The minimum absolute atomic E-state index is 0. The highest BCUT2D eigenvalue weighted by molar-refractivity contribution is 5.92. The molecule has 0 saturated carbocycles. The second-order valence-electron chi connectivity index (χ2n) is 5.95. The molecular formula is C15H24ClN5O3. The van der Waals surface area contributed by atoms with E-state index in [9.17, 15) is 9.59 Å². The number of piperidine rings is 1. The summed E-state index contributed by atoms with van der Waals surface area (Å²) >= 11 is 0. The Hall–Kier alpha value is -1.64. The Morgan fingerprint density at radius 2 is 2.17 bits per heavy atom. The van der Waals surface area contributed by atoms with Gasteiger partial charge < -0.3 is 20.3 Å². The molecule has 134 valence electrons. The number of morpholine rings is 1. The Bertz CT molecular complexity index is 507. The van der Waals surface area contributed by atoms with Crippen molar-refractivity contribution in [2.45, 2.75) is 19.4 Å². The summed E-state index contributed by atoms with van der Waals surface area (Å²) in [7, 11) is 0. The van der Waals surface area contributed by atoms with Crippen LogP contribution >= 0.6 is 12.4 Å². The molecule has 2 N–H and O–H groups in total. The van der Waals surface area contributed by atoms with Crippen LogP contribution in [-0.2, 0) is 20.9 Å². The second-order valence-corrected chi connectivity index (χ2v) is 5.95. The summed E-state index contributed by atoms with van der Waals surface area (Å²) in [6, 6.07) is 0. The zero-order valence-corrected chi connectivity index (χ0v) is 14.4. The molecule has 0 aliphatic carbocycles. The first-order valence-electron chi connectivity index (χ1n) is 8.12. The number of rotatable bonds is 4. The van der Waals surface area contributed by atoms with Crippen LogP contribution in [0.3, 0.4) is 0 Å². The first-order valence-corrected chi connectivity index (χ1v) is 8.12. The summed E-state index contributed by atoms with van der Waals surface area (Å²) in [6.45, 7) is 4.29. The van der Waals surface area contributed by atoms with Gasteiger partial charge in [0.15, 0.2) is 0 Å². The lowest BCUT2D eigenvalue weighted by Crippen LogP contribution is -2.42. The summed E-state index contributed by atoms with van der Waals surface area (Å²) in [5.41, 5.74) is 0.635. The highest BCUT2D eigenvalue weighted by atomic mass is 35.5. The predicted octanol–water partition coefficient (Wildman–Crippen LogP) is 0.102. The summed E-state index contributed by atoms with van der Waals surface area (Å²) in [6.07, 6.45) is 5.21. The highest BCUT2D eigenvalue weighted by Crippen LogP contribution is 2.14. The largest absolute Gasteiger partial charge is 0.378 e. The standard InChI is InChI=1S/C15H23N5O3.ClH/c21-14(19-4-6-23-7-5-19)11-20-10-13(9-17-20)18-15(22)12-2-1-3-16-8-12;/h9-10,12,16H,1-8,11H2,(H,18,22);1H. The normalized spacial score (nSPS) is 21.0. The molecule has 8 nitrogen and oxygen atoms in total. The lowest BCUT2D eigenvalue weighted by molar-refractivity contribution is -0.136. The molecule has 2 aliphatic rings. The molecule has 2 aliphatic heterocycles. The molecule has 2 saturated heterocycles. The second kappa shape index (κ2) is 9.00. The van der Waals surface area contributed by atoms with E-state index in [1.807, 2.05) is 0 Å². The zero-order chi connectivity index (χ0) is 16.1. The van der Waals surface area contributed by atoms with Crippen LogP contribution in [-0.4, -0.2) is 65.9 Å². The van der Waals surface area contributed by atoms with Crippen molar-refractivity contribution in [2.24, 2.45) is 5.92 Å². The van der Waals surface area contributed by atoms with Gasteiger partial charge in [0.1, 0.15) is 6.54 Å². The summed E-state index contributed by atoms with van der Waals surface area (Å²) < 4.78 is 6.80. The van der Waals surface area contributed by atoms with Gasteiger partial charge in [-0.05, 0) is 19.4 Å². The average molecular weight is 358 g/mol. The minimum Gasteiger partial charge on any atom is -0.378 e. The van der Waals surface area contributed by atoms with E-state index in [1.165, 1.54) is 0 Å². The predicted molar refractivity (Wildman–Crippen MR) is 91.1 cm³/mol. The van der Waals surface area contributed by atoms with Crippen molar-refractivity contribution in [1.29, 1.82) is 0 Å². The van der Waals surface area contributed by atoms with Gasteiger partial charge in [-0.2, -0.15) is 5.10 Å². The maximum Gasteiger partial charge on any atom is 0.244 e. The van der Waals surface area contributed by atoms with E-state index in [-0.39, 0.29) is 36.7 Å². The van der Waals surface area contributed by atoms with Crippen LogP contribution in [0, 0.1) is 5.92 Å². The maximum absolute atomic E-state index is 12.2. The van der Waals surface area contributed by atoms with E-state index >= 15 is 0 Å². The Morgan fingerprint density at radius 1 is 1.38 bits per heavy atom. The molecule has 0 radical (unpaired) electrons. The van der Waals surface area contributed by atoms with Crippen molar-refractivity contribution < 1.29 is 14.3 Å². The van der Waals surface area contributed by atoms with Crippen LogP contribution < -0.4 is 10.6 Å². The molecule has 1 aromatic heterocycles. The first-order chi connectivity index (χ1) is 11.2. The first kappa shape index (κ1) is 18.7. The number of amides is 2. The molecule has 1 atom stereocenters. The number of nitrogens with zero attached hydrogens (tertiary/aromatic N) is 3. The van der Waals surface area contributed by atoms with Crippen LogP contribution in [0.4, 0.5) is 5.69 Å². The van der Waals surface area contributed by atoms with Gasteiger partial charge in [-0.15, -0.1) is 12.4 Å². The molecule has 1 aromatic rings. The lowest BCUT2D eigenvalue weighted by Gasteiger charge is -2.26. The van der Waals surface area contributed by atoms with Crippen molar-refractivity contribution in [1.82, 2.24) is 20.0 Å². The number of aromatic nitrogens is 2. The molecule has 2 amide bonds. The topological polar surface area (TPSA) is 88.5 Å². The Morgan fingerprint density at radius 3 is 2.88 bits per heavy atom. The van der Waals surface area contributed by atoms with E-state index < -0.39 is 0 Å². The van der Waals surface area contributed by atoms with E-state index in [4.69, 9.17) is 4.74 Å². The van der Waals surface area contributed by atoms with E-state index in [0.29, 0.717) is 32.0 Å². The third-order valence-corrected chi connectivity index (χ3v) is 4.23. The van der Waals surface area contributed by atoms with Gasteiger partial charge in [0.2, 0.25) is 11.8 Å². The third-order valence-electron chi connectivity index (χ3n) is 4.23. The fraction of sp³-hybridized carbons (Fsp3) is 0.667. The quantitative estimate of drug-likeness (QED) is 0.798. The summed E-state index contributed by atoms with van der Waals surface area (Å²) in [5.74, 6) is 0.0316. The van der Waals surface area contributed by atoms with Crippen LogP contribution in [0.5, 0.6) is 0 Å². The number of carbonyl (C=O) groups excluding carboxylic acids is 2. The van der Waals surface area contributed by atoms with Gasteiger partial charge >= 0.3 is 0 Å². The molecular weight excluding hydrogens is 334 g/mol. The number of hydrogen-bond acceptors (Lipinski definition) is 5. The third kappa shape index (κ3) is 4.93. The summed E-state index contributed by atoms with van der Waals surface area (Å²) in [4.78, 5) is 26.1. The number of hydrogen-bond donors (Lipinski definition) is 2. The van der Waals surface area contributed by atoms with Crippen molar-refractivity contribution in [3.05, 3.63) is 12.4 Å². The highest BCUT2D eigenvalue weighted by Gasteiger charge is 2.21. The smallest absolute Gasteiger partial charge is 0.244 e. The van der Waals surface area contributed by atoms with Crippen LogP contribution in [0.1, 0.15) is 12.8 Å². The molecule has 0 bridgehead atoms. The zero-order valence-electron chi connectivity index (χ0n) is 13.6. The Kier molecular flexibility index (Phi) is 7.01. The molecule has 1 unspecified atom stereocenters. The number of ether oxygens (including phenoxy) is 1. The van der Waals surface area contributed by atoms with Gasteiger partial charge in [-0.1, -0.05) is 0 Å². The molecule has 3 heterocycles. The number of carbonyl (C=O) groups is 2. The van der Waals surface area contributed by atoms with E-state index in [1.54, 1.807) is 22.0 Å². The monoisotopic (exact) mass is 357 g/mol. The van der Waals surface area contributed by atoms with Gasteiger partial charge in [0, 0.05) is 25.8 Å². The van der Waals surface area contributed by atoms with Crippen LogP contribution in [0.15, 0.2) is 12.4 Å². The molecule has 0 aromatic carbocycles. The molecule has 0 spiro atoms. The fourth-order valence-corrected chi connectivity index (χ4v) is 2.89. The van der Waals surface area contributed by atoms with E-state index in [2.05, 4.69) is 15.7 Å². The molecule has 9 heteroatoms. The average Bonchev–Trinajstić information content (AvgIpc) is 3.03. The van der Waals surface area contributed by atoms with Gasteiger partial charge in [0.25, 0.3) is 0 Å². The molecule has 3 rings (SSSR count). The minimum atomic E-state index is 0. The van der Waals surface area contributed by atoms with Gasteiger partial charge in [0.05, 0.1) is 31.0 Å². The SMILES string of the molecule is Cl.O=C(Nc1cnn(CC(=O)N2CCOCC2)c1)C1CCCNC1. The lowest BCUT2D eigenvalue weighted by atomic mass is 9.99. The maximum atomic E-state index is 12.2. The van der Waals surface area contributed by atoms with Crippen LogP contribution in [0.2, 0.25) is 0 Å². The van der Waals surface area contributed by atoms with E-state index in [0.717, 1.165) is 25.9 Å². The fourth-order valence-electron chi connectivity index (χ4n) is 2.89. The number of halogens is 1. The van der Waals surface area contributed by atoms with Crippen molar-refractivity contribution in [3.8, 4) is 0 Å². The van der Waals surface area contributed by atoms with Gasteiger partial charge in [-0.3, -0.25) is 14.3 Å².